The van der Waals surface area contributed by atoms with Crippen LogP contribution in [0.4, 0.5) is 5.69 Å². The van der Waals surface area contributed by atoms with E-state index in [4.69, 9.17) is 0 Å². The number of hydrogen-bond donors (Lipinski definition) is 0. The summed E-state index contributed by atoms with van der Waals surface area (Å²) < 4.78 is 2.79. The molecule has 8 aliphatic rings. The maximum absolute atomic E-state index is 2.83. The molecular weight excluding hydrogens is 677 g/mol. The number of para-hydroxylation sites is 1. The van der Waals surface area contributed by atoms with E-state index in [1.54, 1.807) is 39.1 Å². The topological polar surface area (TPSA) is 8.17 Å². The molecule has 0 aliphatic heterocycles. The van der Waals surface area contributed by atoms with Crippen molar-refractivity contribution in [1.29, 1.82) is 0 Å². The van der Waals surface area contributed by atoms with Crippen LogP contribution in [0.15, 0.2) is 107 Å². The van der Waals surface area contributed by atoms with E-state index in [1.807, 2.05) is 0 Å². The molecule has 0 bridgehead atoms. The number of anilines is 1. The molecule has 8 aliphatic carbocycles. The predicted molar refractivity (Wildman–Crippen MR) is 236 cm³/mol. The van der Waals surface area contributed by atoms with Gasteiger partial charge in [-0.25, -0.2) is 0 Å². The minimum Gasteiger partial charge on any atom is -0.341 e. The second-order valence-electron chi connectivity index (χ2n) is 20.3. The summed E-state index contributed by atoms with van der Waals surface area (Å²) >= 11 is 0. The van der Waals surface area contributed by atoms with E-state index in [0.717, 1.165) is 24.7 Å². The zero-order valence-corrected chi connectivity index (χ0v) is 34.8. The summed E-state index contributed by atoms with van der Waals surface area (Å²) in [5, 5.41) is 1.47. The molecule has 11 rings (SSSR count). The normalized spacial score (nSPS) is 30.2. The van der Waals surface area contributed by atoms with Crippen LogP contribution < -0.4 is 4.90 Å². The average molecular weight is 741 g/mol. The number of nitrogens with zero attached hydrogens (tertiary/aromatic N) is 2. The lowest BCUT2D eigenvalue weighted by Gasteiger charge is -2.43. The monoisotopic (exact) mass is 741 g/mol. The maximum atomic E-state index is 2.83. The fourth-order valence-corrected chi connectivity index (χ4v) is 14.0. The molecule has 3 aromatic rings. The molecule has 0 spiro atoms. The lowest BCUT2D eigenvalue weighted by molar-refractivity contribution is 0.233. The SMILES string of the molecule is CC1(C)C2=C(CCC=C2)C2=CCC(N(C3=CCC(C4=Cc5c(n(C6CCCCC6)c6ccccc56)CC4)C=C3)c3ccc4c(c3)C(C)(C)C3CCCCC43)CC21. The molecule has 2 saturated carbocycles. The molecule has 0 N–H and O–H groups in total. The fraction of sp³-hybridized carbons (Fsp3) is 0.519. The molecule has 0 amide bonds. The van der Waals surface area contributed by atoms with Crippen LogP contribution in [0.2, 0.25) is 0 Å². The van der Waals surface area contributed by atoms with E-state index < -0.39 is 0 Å². The number of benzene rings is 2. The Morgan fingerprint density at radius 2 is 1.62 bits per heavy atom. The van der Waals surface area contributed by atoms with Crippen LogP contribution in [0.3, 0.4) is 0 Å². The van der Waals surface area contributed by atoms with Crippen molar-refractivity contribution >= 4 is 22.7 Å². The highest BCUT2D eigenvalue weighted by molar-refractivity contribution is 5.92. The molecule has 0 saturated heterocycles. The van der Waals surface area contributed by atoms with Crippen LogP contribution in [-0.4, -0.2) is 10.6 Å². The minimum absolute atomic E-state index is 0.187. The van der Waals surface area contributed by atoms with Crippen molar-refractivity contribution < 1.29 is 0 Å². The predicted octanol–water partition coefficient (Wildman–Crippen LogP) is 14.4. The van der Waals surface area contributed by atoms with Crippen LogP contribution in [0.5, 0.6) is 0 Å². The van der Waals surface area contributed by atoms with Crippen molar-refractivity contribution in [3.8, 4) is 0 Å². The summed E-state index contributed by atoms with van der Waals surface area (Å²) in [5.74, 6) is 2.59. The summed E-state index contributed by atoms with van der Waals surface area (Å²) in [5.41, 5.74) is 17.8. The van der Waals surface area contributed by atoms with Gasteiger partial charge in [-0.05, 0) is 151 Å². The molecule has 56 heavy (non-hydrogen) atoms. The molecular formula is C54H64N2. The molecule has 2 aromatic carbocycles. The second-order valence-corrected chi connectivity index (χ2v) is 20.3. The quantitative estimate of drug-likeness (QED) is 0.253. The van der Waals surface area contributed by atoms with E-state index in [9.17, 15) is 0 Å². The molecule has 2 fully saturated rings. The molecule has 1 aromatic heterocycles. The summed E-state index contributed by atoms with van der Waals surface area (Å²) in [4.78, 5) is 2.83. The number of aromatic nitrogens is 1. The van der Waals surface area contributed by atoms with Crippen molar-refractivity contribution in [1.82, 2.24) is 4.57 Å². The summed E-state index contributed by atoms with van der Waals surface area (Å²) in [7, 11) is 0. The van der Waals surface area contributed by atoms with Gasteiger partial charge in [0.15, 0.2) is 0 Å². The lowest BCUT2D eigenvalue weighted by atomic mass is 9.69. The van der Waals surface area contributed by atoms with E-state index >= 15 is 0 Å². The Morgan fingerprint density at radius 3 is 2.48 bits per heavy atom. The Kier molecular flexibility index (Phi) is 8.46. The summed E-state index contributed by atoms with van der Waals surface area (Å²) in [6, 6.07) is 18.2. The third-order valence-corrected chi connectivity index (χ3v) is 16.9. The van der Waals surface area contributed by atoms with Gasteiger partial charge < -0.3 is 9.47 Å². The molecule has 290 valence electrons. The Hall–Kier alpha value is -3.78. The highest BCUT2D eigenvalue weighted by Gasteiger charge is 2.49. The van der Waals surface area contributed by atoms with Crippen molar-refractivity contribution in [2.24, 2.45) is 23.2 Å². The zero-order chi connectivity index (χ0) is 37.8. The van der Waals surface area contributed by atoms with Crippen LogP contribution in [0.25, 0.3) is 17.0 Å². The highest BCUT2D eigenvalue weighted by Crippen LogP contribution is 2.59. The van der Waals surface area contributed by atoms with Crippen LogP contribution in [0, 0.1) is 23.2 Å². The van der Waals surface area contributed by atoms with Crippen LogP contribution in [0.1, 0.15) is 158 Å². The Labute approximate surface area is 337 Å². The van der Waals surface area contributed by atoms with E-state index in [0.29, 0.717) is 23.9 Å². The van der Waals surface area contributed by atoms with Gasteiger partial charge in [-0.1, -0.05) is 126 Å². The smallest absolute Gasteiger partial charge is 0.0491 e. The van der Waals surface area contributed by atoms with Gasteiger partial charge in [-0.3, -0.25) is 0 Å². The van der Waals surface area contributed by atoms with Gasteiger partial charge >= 0.3 is 0 Å². The standard InChI is InChI=1S/C54H64N2/c1-53(2)47-19-11-8-16-41(47)43-29-27-39(33-49(43)53)55(40-28-30-44-42-17-9-12-20-48(42)54(3,4)50(44)34-40)38-25-22-35(23-26-38)36-24-31-52-46(32-36)45-18-10-13-21-51(45)56(52)37-14-6-5-7-15-37/h10-11,13,18-19,21-22,25-26,28-30,32,34-35,37,39,42,48-49H,5-9,12,14-17,20,23-24,27,31,33H2,1-4H3. The van der Waals surface area contributed by atoms with Gasteiger partial charge in [0.1, 0.15) is 0 Å². The number of allylic oxidation sites excluding steroid dienone is 9. The van der Waals surface area contributed by atoms with Crippen molar-refractivity contribution in [3.05, 3.63) is 129 Å². The third-order valence-electron chi connectivity index (χ3n) is 16.9. The van der Waals surface area contributed by atoms with Crippen LogP contribution in [-0.2, 0) is 11.8 Å². The average Bonchev–Trinajstić information content (AvgIpc) is 3.78. The van der Waals surface area contributed by atoms with E-state index in [2.05, 4.69) is 122 Å². The van der Waals surface area contributed by atoms with Crippen molar-refractivity contribution in [2.45, 2.75) is 154 Å². The van der Waals surface area contributed by atoms with Gasteiger partial charge in [-0.2, -0.15) is 0 Å². The van der Waals surface area contributed by atoms with Crippen molar-refractivity contribution in [2.75, 3.05) is 4.90 Å². The van der Waals surface area contributed by atoms with Crippen molar-refractivity contribution in [3.63, 3.8) is 0 Å². The third kappa shape index (κ3) is 5.39. The summed E-state index contributed by atoms with van der Waals surface area (Å²) in [6.45, 7) is 10.2. The van der Waals surface area contributed by atoms with Crippen LogP contribution >= 0.6 is 0 Å². The molecule has 2 nitrogen and oxygen atoms in total. The van der Waals surface area contributed by atoms with E-state index in [1.165, 1.54) is 118 Å². The number of rotatable bonds is 5. The first-order valence-corrected chi connectivity index (χ1v) is 23.0. The second kappa shape index (κ2) is 13.4. The van der Waals surface area contributed by atoms with Gasteiger partial charge in [0.25, 0.3) is 0 Å². The lowest BCUT2D eigenvalue weighted by Crippen LogP contribution is -2.40. The maximum Gasteiger partial charge on any atom is 0.0491 e. The minimum atomic E-state index is 0.187. The van der Waals surface area contributed by atoms with E-state index in [-0.39, 0.29) is 10.8 Å². The molecule has 2 heteroatoms. The first-order valence-electron chi connectivity index (χ1n) is 23.0. The highest BCUT2D eigenvalue weighted by atomic mass is 15.2. The molecule has 5 unspecified atom stereocenters. The molecule has 0 radical (unpaired) electrons. The van der Waals surface area contributed by atoms with Gasteiger partial charge in [-0.15, -0.1) is 0 Å². The fourth-order valence-electron chi connectivity index (χ4n) is 14.0. The molecule has 5 atom stereocenters. The zero-order valence-electron chi connectivity index (χ0n) is 34.8. The molecule has 1 heterocycles. The Bertz CT molecular complexity index is 2270. The number of fused-ring (bicyclic) bond motifs is 8. The first kappa shape index (κ1) is 35.4. The number of hydrogen-bond acceptors (Lipinski definition) is 1. The van der Waals surface area contributed by atoms with Gasteiger partial charge in [0, 0.05) is 51.5 Å². The summed E-state index contributed by atoms with van der Waals surface area (Å²) in [6.07, 6.45) is 38.6. The van der Waals surface area contributed by atoms with Gasteiger partial charge in [0.2, 0.25) is 0 Å². The Balaban J connectivity index is 0.935. The Morgan fingerprint density at radius 1 is 0.786 bits per heavy atom. The first-order chi connectivity index (χ1) is 27.3. The largest absolute Gasteiger partial charge is 0.341 e. The van der Waals surface area contributed by atoms with Gasteiger partial charge in [0.05, 0.1) is 0 Å².